The summed E-state index contributed by atoms with van der Waals surface area (Å²) in [5.41, 5.74) is 0.417. The average Bonchev–Trinajstić information content (AvgIpc) is 2.71. The number of hydrogen-bond donors (Lipinski definition) is 2. The highest BCUT2D eigenvalue weighted by Crippen LogP contribution is 2.24. The van der Waals surface area contributed by atoms with Crippen LogP contribution in [0.4, 0.5) is 9.18 Å². The number of rotatable bonds is 4. The summed E-state index contributed by atoms with van der Waals surface area (Å²) in [5, 5.41) is 11.4. The Balaban J connectivity index is 2.11. The minimum Gasteiger partial charge on any atom is -0.481 e. The molecule has 1 aliphatic rings. The second-order valence-corrected chi connectivity index (χ2v) is 4.62. The van der Waals surface area contributed by atoms with Crippen molar-refractivity contribution in [3.8, 4) is 0 Å². The molecular formula is C13H15FN2O3. The lowest BCUT2D eigenvalue weighted by atomic mass is 10.1. The summed E-state index contributed by atoms with van der Waals surface area (Å²) in [6.07, 6.45) is -0.128. The molecule has 1 aliphatic heterocycles. The van der Waals surface area contributed by atoms with Gasteiger partial charge >= 0.3 is 12.0 Å². The Morgan fingerprint density at radius 3 is 2.89 bits per heavy atom. The Labute approximate surface area is 110 Å². The molecule has 6 heteroatoms. The largest absolute Gasteiger partial charge is 0.481 e. The summed E-state index contributed by atoms with van der Waals surface area (Å²) in [7, 11) is 0. The first kappa shape index (κ1) is 13.3. The van der Waals surface area contributed by atoms with Gasteiger partial charge in [-0.2, -0.15) is 0 Å². The lowest BCUT2D eigenvalue weighted by Gasteiger charge is -2.21. The smallest absolute Gasteiger partial charge is 0.318 e. The van der Waals surface area contributed by atoms with Crippen molar-refractivity contribution in [2.45, 2.75) is 25.4 Å². The monoisotopic (exact) mass is 266 g/mol. The van der Waals surface area contributed by atoms with Crippen molar-refractivity contribution < 1.29 is 19.1 Å². The first-order chi connectivity index (χ1) is 8.99. The van der Waals surface area contributed by atoms with E-state index in [-0.39, 0.29) is 24.8 Å². The molecule has 102 valence electrons. The van der Waals surface area contributed by atoms with Crippen LogP contribution in [-0.2, 0) is 4.79 Å². The normalized spacial score (nSPS) is 20.2. The first-order valence-corrected chi connectivity index (χ1v) is 6.02. The SMILES string of the molecule is CC(CC(=O)O)N1CC(c2ccccc2F)NC1=O. The molecule has 19 heavy (non-hydrogen) atoms. The molecule has 1 saturated heterocycles. The van der Waals surface area contributed by atoms with Gasteiger partial charge in [0, 0.05) is 18.2 Å². The molecule has 0 aromatic heterocycles. The molecule has 2 unspecified atom stereocenters. The van der Waals surface area contributed by atoms with E-state index in [1.807, 2.05) is 0 Å². The van der Waals surface area contributed by atoms with Crippen LogP contribution in [0.15, 0.2) is 24.3 Å². The molecule has 0 bridgehead atoms. The number of carboxylic acids is 1. The Kier molecular flexibility index (Phi) is 3.69. The summed E-state index contributed by atoms with van der Waals surface area (Å²) in [6.45, 7) is 1.94. The quantitative estimate of drug-likeness (QED) is 0.872. The number of halogens is 1. The Bertz CT molecular complexity index is 506. The zero-order valence-corrected chi connectivity index (χ0v) is 10.5. The molecule has 1 fully saturated rings. The summed E-state index contributed by atoms with van der Waals surface area (Å²) in [5.74, 6) is -1.34. The predicted molar refractivity (Wildman–Crippen MR) is 66.1 cm³/mol. The standard InChI is InChI=1S/C13H15FN2O3/c1-8(6-12(17)18)16-7-11(15-13(16)19)9-4-2-3-5-10(9)14/h2-5,8,11H,6-7H2,1H3,(H,15,19)(H,17,18). The highest BCUT2D eigenvalue weighted by Gasteiger charge is 2.34. The third-order valence-corrected chi connectivity index (χ3v) is 3.22. The van der Waals surface area contributed by atoms with Crippen molar-refractivity contribution in [3.63, 3.8) is 0 Å². The van der Waals surface area contributed by atoms with Crippen LogP contribution in [0.3, 0.4) is 0 Å². The van der Waals surface area contributed by atoms with Gasteiger partial charge in [-0.25, -0.2) is 9.18 Å². The summed E-state index contributed by atoms with van der Waals surface area (Å²) in [4.78, 5) is 23.9. The molecule has 2 N–H and O–H groups in total. The number of carboxylic acid groups (broad SMARTS) is 1. The topological polar surface area (TPSA) is 69.6 Å². The summed E-state index contributed by atoms with van der Waals surface area (Å²) < 4.78 is 13.6. The maximum Gasteiger partial charge on any atom is 0.318 e. The second-order valence-electron chi connectivity index (χ2n) is 4.62. The molecule has 2 rings (SSSR count). The second kappa shape index (κ2) is 5.26. The fraction of sp³-hybridized carbons (Fsp3) is 0.385. The summed E-state index contributed by atoms with van der Waals surface area (Å²) >= 11 is 0. The minimum absolute atomic E-state index is 0.128. The summed E-state index contributed by atoms with van der Waals surface area (Å²) in [6, 6.07) is 5.02. The van der Waals surface area contributed by atoms with Gasteiger partial charge in [-0.3, -0.25) is 4.79 Å². The van der Waals surface area contributed by atoms with E-state index in [4.69, 9.17) is 5.11 Å². The zero-order chi connectivity index (χ0) is 14.0. The average molecular weight is 266 g/mol. The predicted octanol–water partition coefficient (Wildman–Crippen LogP) is 1.76. The van der Waals surface area contributed by atoms with Gasteiger partial charge in [0.25, 0.3) is 0 Å². The Hall–Kier alpha value is -2.11. The Morgan fingerprint density at radius 2 is 2.26 bits per heavy atom. The van der Waals surface area contributed by atoms with Crippen molar-refractivity contribution in [2.24, 2.45) is 0 Å². The number of nitrogens with one attached hydrogen (secondary N) is 1. The highest BCUT2D eigenvalue weighted by atomic mass is 19.1. The van der Waals surface area contributed by atoms with Gasteiger partial charge in [-0.15, -0.1) is 0 Å². The fourth-order valence-corrected chi connectivity index (χ4v) is 2.23. The molecule has 2 amide bonds. The van der Waals surface area contributed by atoms with Crippen LogP contribution < -0.4 is 5.32 Å². The van der Waals surface area contributed by atoms with E-state index >= 15 is 0 Å². The number of aliphatic carboxylic acids is 1. The van der Waals surface area contributed by atoms with Crippen molar-refractivity contribution in [2.75, 3.05) is 6.54 Å². The van der Waals surface area contributed by atoms with Gasteiger partial charge in [-0.1, -0.05) is 18.2 Å². The lowest BCUT2D eigenvalue weighted by molar-refractivity contribution is -0.137. The number of carbonyl (C=O) groups excluding carboxylic acids is 1. The van der Waals surface area contributed by atoms with Crippen molar-refractivity contribution in [1.82, 2.24) is 10.2 Å². The van der Waals surface area contributed by atoms with Crippen LogP contribution in [0.1, 0.15) is 24.9 Å². The fourth-order valence-electron chi connectivity index (χ4n) is 2.23. The molecule has 0 aliphatic carbocycles. The van der Waals surface area contributed by atoms with E-state index in [1.54, 1.807) is 25.1 Å². The molecule has 1 heterocycles. The van der Waals surface area contributed by atoms with Crippen molar-refractivity contribution in [1.29, 1.82) is 0 Å². The number of benzene rings is 1. The van der Waals surface area contributed by atoms with Crippen LogP contribution in [0, 0.1) is 5.82 Å². The van der Waals surface area contributed by atoms with Crippen molar-refractivity contribution in [3.05, 3.63) is 35.6 Å². The van der Waals surface area contributed by atoms with Crippen LogP contribution in [0.25, 0.3) is 0 Å². The van der Waals surface area contributed by atoms with Crippen molar-refractivity contribution >= 4 is 12.0 Å². The molecule has 1 aromatic rings. The Morgan fingerprint density at radius 1 is 1.58 bits per heavy atom. The van der Waals surface area contributed by atoms with Gasteiger partial charge in [0.05, 0.1) is 12.5 Å². The number of carbonyl (C=O) groups is 2. The molecule has 0 spiro atoms. The van der Waals surface area contributed by atoms with Crippen LogP contribution in [0.5, 0.6) is 0 Å². The number of urea groups is 1. The highest BCUT2D eigenvalue weighted by molar-refractivity contribution is 5.78. The van der Waals surface area contributed by atoms with Gasteiger partial charge in [0.2, 0.25) is 0 Å². The van der Waals surface area contributed by atoms with Gasteiger partial charge in [0.1, 0.15) is 5.82 Å². The minimum atomic E-state index is -0.963. The molecule has 2 atom stereocenters. The third-order valence-electron chi connectivity index (χ3n) is 3.22. The first-order valence-electron chi connectivity index (χ1n) is 6.02. The van der Waals surface area contributed by atoms with E-state index in [0.717, 1.165) is 0 Å². The van der Waals surface area contributed by atoms with Crippen LogP contribution in [-0.4, -0.2) is 34.6 Å². The van der Waals surface area contributed by atoms with Crippen LogP contribution in [0.2, 0.25) is 0 Å². The zero-order valence-electron chi connectivity index (χ0n) is 10.5. The lowest BCUT2D eigenvalue weighted by Crippen LogP contribution is -2.37. The third kappa shape index (κ3) is 2.83. The number of nitrogens with zero attached hydrogens (tertiary/aromatic N) is 1. The van der Waals surface area contributed by atoms with Gasteiger partial charge < -0.3 is 15.3 Å². The molecule has 0 radical (unpaired) electrons. The molecule has 0 saturated carbocycles. The number of hydrogen-bond acceptors (Lipinski definition) is 2. The van der Waals surface area contributed by atoms with E-state index in [1.165, 1.54) is 11.0 Å². The molecular weight excluding hydrogens is 251 g/mol. The maximum atomic E-state index is 13.6. The van der Waals surface area contributed by atoms with E-state index in [2.05, 4.69) is 5.32 Å². The van der Waals surface area contributed by atoms with E-state index in [9.17, 15) is 14.0 Å². The van der Waals surface area contributed by atoms with Crippen LogP contribution >= 0.6 is 0 Å². The molecule has 5 nitrogen and oxygen atoms in total. The van der Waals surface area contributed by atoms with E-state index in [0.29, 0.717) is 5.56 Å². The van der Waals surface area contributed by atoms with E-state index < -0.39 is 18.1 Å². The van der Waals surface area contributed by atoms with Gasteiger partial charge in [0.15, 0.2) is 0 Å². The van der Waals surface area contributed by atoms with Gasteiger partial charge in [-0.05, 0) is 13.0 Å². The molecule has 1 aromatic carbocycles. The number of amides is 2. The maximum absolute atomic E-state index is 13.6.